The third-order valence-corrected chi connectivity index (χ3v) is 12.6. The van der Waals surface area contributed by atoms with Gasteiger partial charge in [0.15, 0.2) is 5.71 Å². The first-order valence-corrected chi connectivity index (χ1v) is 22.2. The molecule has 11 heteroatoms. The third-order valence-electron chi connectivity index (χ3n) is 12.6. The zero-order valence-electron chi connectivity index (χ0n) is 37.2. The molecule has 1 unspecified atom stereocenters. The lowest BCUT2D eigenvalue weighted by Gasteiger charge is -2.35. The molecule has 11 nitrogen and oxygen atoms in total. The molecule has 3 heterocycles. The topological polar surface area (TPSA) is 128 Å². The average molecular weight is 831 g/mol. The van der Waals surface area contributed by atoms with E-state index in [1.165, 1.54) is 28.2 Å². The number of imide groups is 1. The summed E-state index contributed by atoms with van der Waals surface area (Å²) < 4.78 is 2.40. The highest BCUT2D eigenvalue weighted by Gasteiger charge is 2.49. The van der Waals surface area contributed by atoms with E-state index in [1.807, 2.05) is 6.92 Å². The van der Waals surface area contributed by atoms with E-state index in [4.69, 9.17) is 4.84 Å². The molecule has 2 aromatic rings. The van der Waals surface area contributed by atoms with E-state index in [9.17, 15) is 24.0 Å². The highest BCUT2D eigenvalue weighted by atomic mass is 16.7. The van der Waals surface area contributed by atoms with E-state index in [-0.39, 0.29) is 54.7 Å². The number of benzene rings is 2. The molecule has 0 saturated carbocycles. The van der Waals surface area contributed by atoms with Crippen molar-refractivity contribution in [2.45, 2.75) is 124 Å². The molecule has 4 amide bonds. The van der Waals surface area contributed by atoms with Crippen molar-refractivity contribution in [3.8, 4) is 0 Å². The van der Waals surface area contributed by atoms with Crippen LogP contribution in [0.5, 0.6) is 0 Å². The Morgan fingerprint density at radius 1 is 0.770 bits per heavy atom. The first-order valence-electron chi connectivity index (χ1n) is 22.2. The minimum absolute atomic E-state index is 0.0342. The van der Waals surface area contributed by atoms with Crippen molar-refractivity contribution in [2.75, 3.05) is 31.1 Å². The standard InChI is InChI=1S/C50H63N5O6/c1-8-29-51-46(59)50(47(60)52-30-17-11-12-22-45(58)61-55-43(56)27-28-44(55)57)33-35(23-25-41-48(4,5)37-18-13-15-20-39(37)53(41)10-3)32-36(34-50)24-26-42-49(6,7)38-19-14-16-21-40(38)54(42)31-9-2/h13-16,18-21,23-26,32H,8-12,17,22,27-31,33-34H2,1-7H3,(H-,51,52,59,60)/p+1. The van der Waals surface area contributed by atoms with E-state index in [2.05, 4.69) is 141 Å². The number of amides is 4. The maximum Gasteiger partial charge on any atom is 0.333 e. The van der Waals surface area contributed by atoms with Crippen LogP contribution in [0.15, 0.2) is 95.8 Å². The van der Waals surface area contributed by atoms with Gasteiger partial charge in [-0.2, -0.15) is 4.58 Å². The monoisotopic (exact) mass is 830 g/mol. The second-order valence-electron chi connectivity index (χ2n) is 17.7. The Labute approximate surface area is 361 Å². The number of carbonyl (C=O) groups excluding carboxylic acids is 5. The smallest absolute Gasteiger partial charge is 0.333 e. The predicted molar refractivity (Wildman–Crippen MR) is 239 cm³/mol. The number of unbranched alkanes of at least 4 members (excludes halogenated alkanes) is 2. The molecule has 1 fully saturated rings. The number of allylic oxidation sites excluding steroid dienone is 8. The summed E-state index contributed by atoms with van der Waals surface area (Å²) in [6, 6.07) is 17.1. The van der Waals surface area contributed by atoms with Crippen molar-refractivity contribution in [3.63, 3.8) is 0 Å². The molecule has 0 radical (unpaired) electrons. The highest BCUT2D eigenvalue weighted by Crippen LogP contribution is 2.48. The predicted octanol–water partition coefficient (Wildman–Crippen LogP) is 8.17. The second-order valence-corrected chi connectivity index (χ2v) is 17.7. The quantitative estimate of drug-likeness (QED) is 0.0713. The number of carbonyl (C=O) groups is 5. The van der Waals surface area contributed by atoms with Crippen LogP contribution in [0.1, 0.15) is 124 Å². The van der Waals surface area contributed by atoms with Crippen LogP contribution in [0.25, 0.3) is 0 Å². The normalized spacial score (nSPS) is 21.7. The Morgan fingerprint density at radius 3 is 2.13 bits per heavy atom. The summed E-state index contributed by atoms with van der Waals surface area (Å²) in [4.78, 5) is 72.5. The van der Waals surface area contributed by atoms with Gasteiger partial charge in [-0.3, -0.25) is 19.2 Å². The van der Waals surface area contributed by atoms with E-state index < -0.39 is 23.2 Å². The van der Waals surface area contributed by atoms with Crippen molar-refractivity contribution in [2.24, 2.45) is 5.41 Å². The lowest BCUT2D eigenvalue weighted by atomic mass is 9.70. The van der Waals surface area contributed by atoms with E-state index >= 15 is 0 Å². The molecule has 0 bridgehead atoms. The molecule has 0 spiro atoms. The molecule has 2 N–H and O–H groups in total. The summed E-state index contributed by atoms with van der Waals surface area (Å²) in [7, 11) is 0. The molecular formula is C50H64N5O6+. The first kappa shape index (κ1) is 45.0. The number of para-hydroxylation sites is 2. The molecule has 1 saturated heterocycles. The van der Waals surface area contributed by atoms with Gasteiger partial charge in [-0.25, -0.2) is 4.79 Å². The minimum atomic E-state index is -1.41. The Hall–Kier alpha value is -5.58. The first-order chi connectivity index (χ1) is 29.2. The van der Waals surface area contributed by atoms with Gasteiger partial charge in [0.05, 0.1) is 5.41 Å². The third kappa shape index (κ3) is 9.21. The number of hydrogen-bond donors (Lipinski definition) is 2. The number of hydrogen-bond acceptors (Lipinski definition) is 7. The average Bonchev–Trinajstić information content (AvgIpc) is 3.76. The Morgan fingerprint density at radius 2 is 1.44 bits per heavy atom. The summed E-state index contributed by atoms with van der Waals surface area (Å²) >= 11 is 0. The number of rotatable bonds is 17. The summed E-state index contributed by atoms with van der Waals surface area (Å²) in [5, 5.41) is 6.76. The molecule has 2 aromatic carbocycles. The van der Waals surface area contributed by atoms with Crippen LogP contribution in [0.2, 0.25) is 0 Å². The SMILES string of the molecule is CCCNC(=O)C1(C(=O)NCCCCCC(=O)ON2C(=O)CCC2=O)CC(=CC=C2N(CC)c3ccccc3C2(C)C)C=C(C=CC2=[N+](CCC)c3ccccc3C2(C)C)C1. The Bertz CT molecular complexity index is 2190. The van der Waals surface area contributed by atoms with Gasteiger partial charge in [0.2, 0.25) is 17.5 Å². The molecule has 324 valence electrons. The van der Waals surface area contributed by atoms with Crippen molar-refractivity contribution in [1.82, 2.24) is 15.7 Å². The maximum atomic E-state index is 14.6. The largest absolute Gasteiger partial charge is 0.355 e. The fraction of sp³-hybridized carbons (Fsp3) is 0.480. The molecule has 1 aliphatic carbocycles. The van der Waals surface area contributed by atoms with Crippen LogP contribution < -0.4 is 15.5 Å². The van der Waals surface area contributed by atoms with Crippen molar-refractivity contribution >= 4 is 46.7 Å². The number of hydroxylamine groups is 2. The van der Waals surface area contributed by atoms with Crippen molar-refractivity contribution in [1.29, 1.82) is 0 Å². The maximum absolute atomic E-state index is 14.6. The number of nitrogens with zero attached hydrogens (tertiary/aromatic N) is 3. The van der Waals surface area contributed by atoms with Gasteiger partial charge in [0.25, 0.3) is 11.8 Å². The summed E-state index contributed by atoms with van der Waals surface area (Å²) in [6.45, 7) is 17.8. The van der Waals surface area contributed by atoms with Crippen LogP contribution in [-0.4, -0.2) is 71.1 Å². The van der Waals surface area contributed by atoms with Crippen LogP contribution >= 0.6 is 0 Å². The Kier molecular flexibility index (Phi) is 14.0. The van der Waals surface area contributed by atoms with Crippen molar-refractivity contribution < 1.29 is 33.4 Å². The number of anilines is 1. The van der Waals surface area contributed by atoms with Gasteiger partial charge in [0, 0.05) is 79.8 Å². The summed E-state index contributed by atoms with van der Waals surface area (Å²) in [6.07, 6.45) is 14.6. The molecule has 1 atom stereocenters. The van der Waals surface area contributed by atoms with Gasteiger partial charge in [-0.15, -0.1) is 5.06 Å². The van der Waals surface area contributed by atoms with Crippen LogP contribution in [-0.2, 0) is 39.6 Å². The van der Waals surface area contributed by atoms with Gasteiger partial charge >= 0.3 is 5.97 Å². The van der Waals surface area contributed by atoms with Gasteiger partial charge in [-0.1, -0.05) is 88.7 Å². The molecular weight excluding hydrogens is 767 g/mol. The molecule has 6 rings (SSSR count). The zero-order chi connectivity index (χ0) is 44.0. The van der Waals surface area contributed by atoms with E-state index in [1.54, 1.807) is 0 Å². The highest BCUT2D eigenvalue weighted by molar-refractivity contribution is 6.07. The second kappa shape index (κ2) is 19.0. The van der Waals surface area contributed by atoms with Gasteiger partial charge in [0.1, 0.15) is 12.0 Å². The lowest BCUT2D eigenvalue weighted by Crippen LogP contribution is -2.53. The summed E-state index contributed by atoms with van der Waals surface area (Å²) in [5.41, 5.74) is 7.14. The Balaban J connectivity index is 1.30. The lowest BCUT2D eigenvalue weighted by molar-refractivity contribution is -0.437. The molecule has 0 aromatic heterocycles. The van der Waals surface area contributed by atoms with Crippen LogP contribution in [0, 0.1) is 5.41 Å². The van der Waals surface area contributed by atoms with Gasteiger partial charge in [-0.05, 0) is 81.7 Å². The molecule has 4 aliphatic rings. The van der Waals surface area contributed by atoms with Crippen LogP contribution in [0.3, 0.4) is 0 Å². The molecule has 61 heavy (non-hydrogen) atoms. The van der Waals surface area contributed by atoms with E-state index in [0.29, 0.717) is 37.4 Å². The fourth-order valence-electron chi connectivity index (χ4n) is 9.35. The molecule has 3 aliphatic heterocycles. The number of likely N-dealkylation sites (N-methyl/N-ethyl adjacent to an activating group) is 1. The summed E-state index contributed by atoms with van der Waals surface area (Å²) in [5.74, 6) is -2.29. The fourth-order valence-corrected chi connectivity index (χ4v) is 9.35. The van der Waals surface area contributed by atoms with Crippen LogP contribution in [0.4, 0.5) is 11.4 Å². The van der Waals surface area contributed by atoms with E-state index in [0.717, 1.165) is 42.8 Å². The number of nitrogens with one attached hydrogen (secondary N) is 2. The van der Waals surface area contributed by atoms with Gasteiger partial charge < -0.3 is 20.4 Å². The number of fused-ring (bicyclic) bond motifs is 2. The minimum Gasteiger partial charge on any atom is -0.355 e. The van der Waals surface area contributed by atoms with Crippen molar-refractivity contribution in [3.05, 3.63) is 107 Å². The zero-order valence-corrected chi connectivity index (χ0v) is 37.2.